The van der Waals surface area contributed by atoms with E-state index in [1.165, 1.54) is 12.1 Å². The van der Waals surface area contributed by atoms with Crippen LogP contribution in [0.3, 0.4) is 0 Å². The number of nitrogens with zero attached hydrogens (tertiary/aromatic N) is 2. The van der Waals surface area contributed by atoms with Gasteiger partial charge in [0, 0.05) is 24.5 Å². The largest absolute Gasteiger partial charge is 0.327 e. The van der Waals surface area contributed by atoms with Gasteiger partial charge in [-0.15, -0.1) is 0 Å². The molecule has 0 saturated heterocycles. The topological polar surface area (TPSA) is 42.1 Å². The van der Waals surface area contributed by atoms with Gasteiger partial charge in [0.1, 0.15) is 11.6 Å². The molecule has 1 aromatic carbocycles. The number of pyridine rings is 1. The quantitative estimate of drug-likeness (QED) is 0.881. The lowest BCUT2D eigenvalue weighted by molar-refractivity contribution is 0.627. The van der Waals surface area contributed by atoms with Crippen LogP contribution in [0.25, 0.3) is 0 Å². The van der Waals surface area contributed by atoms with Crippen molar-refractivity contribution in [2.75, 3.05) is 11.4 Å². The van der Waals surface area contributed by atoms with Gasteiger partial charge in [0.15, 0.2) is 0 Å². The fourth-order valence-electron chi connectivity index (χ4n) is 2.34. The SMILES string of the molecule is CCC(N)Cc1cccnc1N(CC)c1ccc(F)cc1. The molecule has 2 rings (SSSR count). The third-order valence-electron chi connectivity index (χ3n) is 3.58. The highest BCUT2D eigenvalue weighted by molar-refractivity contribution is 5.62. The minimum Gasteiger partial charge on any atom is -0.327 e. The number of anilines is 2. The Bertz CT molecular complexity index is 569. The predicted molar refractivity (Wildman–Crippen MR) is 85.3 cm³/mol. The van der Waals surface area contributed by atoms with E-state index in [1.807, 2.05) is 6.07 Å². The summed E-state index contributed by atoms with van der Waals surface area (Å²) >= 11 is 0. The molecule has 0 fully saturated rings. The average molecular weight is 287 g/mol. The molecule has 2 aromatic rings. The van der Waals surface area contributed by atoms with E-state index in [9.17, 15) is 4.39 Å². The number of halogens is 1. The summed E-state index contributed by atoms with van der Waals surface area (Å²) in [5, 5.41) is 0. The molecule has 0 spiro atoms. The van der Waals surface area contributed by atoms with Crippen molar-refractivity contribution in [3.63, 3.8) is 0 Å². The van der Waals surface area contributed by atoms with Crippen LogP contribution in [-0.2, 0) is 6.42 Å². The smallest absolute Gasteiger partial charge is 0.136 e. The van der Waals surface area contributed by atoms with Crippen molar-refractivity contribution in [2.45, 2.75) is 32.7 Å². The van der Waals surface area contributed by atoms with Crippen molar-refractivity contribution < 1.29 is 4.39 Å². The fraction of sp³-hybridized carbons (Fsp3) is 0.353. The summed E-state index contributed by atoms with van der Waals surface area (Å²) in [6, 6.07) is 10.6. The molecular weight excluding hydrogens is 265 g/mol. The zero-order chi connectivity index (χ0) is 15.2. The summed E-state index contributed by atoms with van der Waals surface area (Å²) in [5.74, 6) is 0.666. The van der Waals surface area contributed by atoms with Crippen LogP contribution < -0.4 is 10.6 Å². The van der Waals surface area contributed by atoms with Crippen molar-refractivity contribution in [2.24, 2.45) is 5.73 Å². The molecule has 0 radical (unpaired) electrons. The molecule has 1 aromatic heterocycles. The maximum Gasteiger partial charge on any atom is 0.136 e. The van der Waals surface area contributed by atoms with Crippen LogP contribution in [0, 0.1) is 5.82 Å². The predicted octanol–water partition coefficient (Wildman–Crippen LogP) is 3.66. The fourth-order valence-corrected chi connectivity index (χ4v) is 2.34. The van der Waals surface area contributed by atoms with Gasteiger partial charge in [-0.25, -0.2) is 9.37 Å². The van der Waals surface area contributed by atoms with Crippen LogP contribution in [-0.4, -0.2) is 17.6 Å². The highest BCUT2D eigenvalue weighted by Gasteiger charge is 2.14. The van der Waals surface area contributed by atoms with Gasteiger partial charge in [-0.05, 0) is 55.7 Å². The van der Waals surface area contributed by atoms with Gasteiger partial charge in [-0.1, -0.05) is 13.0 Å². The second-order valence-electron chi connectivity index (χ2n) is 5.08. The maximum atomic E-state index is 13.1. The molecule has 0 bridgehead atoms. The Labute approximate surface area is 125 Å². The van der Waals surface area contributed by atoms with Crippen molar-refractivity contribution >= 4 is 11.5 Å². The van der Waals surface area contributed by atoms with E-state index in [1.54, 1.807) is 18.3 Å². The molecule has 1 heterocycles. The Morgan fingerprint density at radius 2 is 1.90 bits per heavy atom. The zero-order valence-corrected chi connectivity index (χ0v) is 12.6. The molecule has 1 atom stereocenters. The van der Waals surface area contributed by atoms with Crippen LogP contribution in [0.1, 0.15) is 25.8 Å². The lowest BCUT2D eigenvalue weighted by Crippen LogP contribution is -2.25. The molecular formula is C17H22FN3. The molecule has 112 valence electrons. The lowest BCUT2D eigenvalue weighted by atomic mass is 10.0. The number of benzene rings is 1. The van der Waals surface area contributed by atoms with E-state index >= 15 is 0 Å². The number of hydrogen-bond acceptors (Lipinski definition) is 3. The number of rotatable bonds is 6. The third-order valence-corrected chi connectivity index (χ3v) is 3.58. The van der Waals surface area contributed by atoms with Gasteiger partial charge in [0.2, 0.25) is 0 Å². The van der Waals surface area contributed by atoms with Gasteiger partial charge < -0.3 is 10.6 Å². The second-order valence-corrected chi connectivity index (χ2v) is 5.08. The van der Waals surface area contributed by atoms with E-state index < -0.39 is 0 Å². The lowest BCUT2D eigenvalue weighted by Gasteiger charge is -2.25. The van der Waals surface area contributed by atoms with Gasteiger partial charge >= 0.3 is 0 Å². The summed E-state index contributed by atoms with van der Waals surface area (Å²) in [6.45, 7) is 4.90. The Morgan fingerprint density at radius 3 is 2.52 bits per heavy atom. The number of nitrogens with two attached hydrogens (primary N) is 1. The Balaban J connectivity index is 2.35. The average Bonchev–Trinajstić information content (AvgIpc) is 2.51. The van der Waals surface area contributed by atoms with Crippen LogP contribution >= 0.6 is 0 Å². The van der Waals surface area contributed by atoms with Gasteiger partial charge in [0.25, 0.3) is 0 Å². The normalized spacial score (nSPS) is 12.2. The van der Waals surface area contributed by atoms with Crippen LogP contribution in [0.5, 0.6) is 0 Å². The first-order valence-corrected chi connectivity index (χ1v) is 7.38. The Hall–Kier alpha value is -1.94. The molecule has 0 saturated carbocycles. The molecule has 2 N–H and O–H groups in total. The van der Waals surface area contributed by atoms with Crippen molar-refractivity contribution in [3.8, 4) is 0 Å². The molecule has 3 nitrogen and oxygen atoms in total. The van der Waals surface area contributed by atoms with E-state index in [-0.39, 0.29) is 11.9 Å². The minimum absolute atomic E-state index is 0.125. The first-order chi connectivity index (χ1) is 10.2. The Kier molecular flexibility index (Phi) is 5.28. The first kappa shape index (κ1) is 15.4. The van der Waals surface area contributed by atoms with Gasteiger partial charge in [0.05, 0.1) is 0 Å². The standard InChI is InChI=1S/C17H22FN3/c1-3-15(19)12-13-6-5-11-20-17(13)21(4-2)16-9-7-14(18)8-10-16/h5-11,15H,3-4,12,19H2,1-2H3. The molecule has 1 unspecified atom stereocenters. The maximum absolute atomic E-state index is 13.1. The van der Waals surface area contributed by atoms with Gasteiger partial charge in [-0.2, -0.15) is 0 Å². The van der Waals surface area contributed by atoms with Crippen molar-refractivity contribution in [1.29, 1.82) is 0 Å². The number of hydrogen-bond donors (Lipinski definition) is 1. The second kappa shape index (κ2) is 7.18. The summed E-state index contributed by atoms with van der Waals surface area (Å²) in [6.07, 6.45) is 3.50. The minimum atomic E-state index is -0.232. The summed E-state index contributed by atoms with van der Waals surface area (Å²) in [7, 11) is 0. The first-order valence-electron chi connectivity index (χ1n) is 7.38. The molecule has 0 aliphatic carbocycles. The summed E-state index contributed by atoms with van der Waals surface area (Å²) in [5.41, 5.74) is 8.14. The molecule has 0 aliphatic rings. The highest BCUT2D eigenvalue weighted by atomic mass is 19.1. The monoisotopic (exact) mass is 287 g/mol. The van der Waals surface area contributed by atoms with E-state index in [2.05, 4.69) is 29.8 Å². The summed E-state index contributed by atoms with van der Waals surface area (Å²) < 4.78 is 13.1. The number of aromatic nitrogens is 1. The molecule has 0 aliphatic heterocycles. The van der Waals surface area contributed by atoms with Gasteiger partial charge in [-0.3, -0.25) is 0 Å². The van der Waals surface area contributed by atoms with E-state index in [0.717, 1.165) is 36.5 Å². The van der Waals surface area contributed by atoms with Crippen molar-refractivity contribution in [1.82, 2.24) is 4.98 Å². The highest BCUT2D eigenvalue weighted by Crippen LogP contribution is 2.27. The van der Waals surface area contributed by atoms with Crippen molar-refractivity contribution in [3.05, 3.63) is 54.0 Å². The molecule has 21 heavy (non-hydrogen) atoms. The summed E-state index contributed by atoms with van der Waals surface area (Å²) in [4.78, 5) is 6.59. The Morgan fingerprint density at radius 1 is 1.19 bits per heavy atom. The van der Waals surface area contributed by atoms with Crippen LogP contribution in [0.2, 0.25) is 0 Å². The third kappa shape index (κ3) is 3.79. The van der Waals surface area contributed by atoms with Crippen LogP contribution in [0.15, 0.2) is 42.6 Å². The van der Waals surface area contributed by atoms with Crippen LogP contribution in [0.4, 0.5) is 15.9 Å². The van der Waals surface area contributed by atoms with E-state index in [0.29, 0.717) is 0 Å². The zero-order valence-electron chi connectivity index (χ0n) is 12.6. The van der Waals surface area contributed by atoms with E-state index in [4.69, 9.17) is 5.73 Å². The molecule has 4 heteroatoms. The molecule has 0 amide bonds.